The van der Waals surface area contributed by atoms with Gasteiger partial charge in [0.15, 0.2) is 0 Å². The molecule has 94 valence electrons. The van der Waals surface area contributed by atoms with Crippen LogP contribution in [0.4, 0.5) is 0 Å². The van der Waals surface area contributed by atoms with Gasteiger partial charge in [0.05, 0.1) is 5.60 Å². The van der Waals surface area contributed by atoms with E-state index in [9.17, 15) is 5.11 Å². The van der Waals surface area contributed by atoms with Crippen LogP contribution in [0.2, 0.25) is 0 Å². The average molecular weight is 225 g/mol. The quantitative estimate of drug-likeness (QED) is 0.774. The van der Waals surface area contributed by atoms with Gasteiger partial charge in [-0.15, -0.1) is 0 Å². The van der Waals surface area contributed by atoms with Gasteiger partial charge < -0.3 is 10.4 Å². The summed E-state index contributed by atoms with van der Waals surface area (Å²) in [6.45, 7) is 4.49. The first kappa shape index (κ1) is 12.4. The van der Waals surface area contributed by atoms with Crippen LogP contribution in [0.25, 0.3) is 0 Å². The Morgan fingerprint density at radius 2 is 1.75 bits per heavy atom. The molecular formula is C14H27NO. The van der Waals surface area contributed by atoms with Gasteiger partial charge in [0.25, 0.3) is 0 Å². The summed E-state index contributed by atoms with van der Waals surface area (Å²) >= 11 is 0. The maximum absolute atomic E-state index is 9.72. The second kappa shape index (κ2) is 5.05. The minimum atomic E-state index is -0.566. The van der Waals surface area contributed by atoms with E-state index in [-0.39, 0.29) is 0 Å². The third kappa shape index (κ3) is 3.46. The molecule has 2 N–H and O–H groups in total. The van der Waals surface area contributed by atoms with Gasteiger partial charge in [-0.05, 0) is 44.9 Å². The zero-order chi connectivity index (χ0) is 11.6. The van der Waals surface area contributed by atoms with Crippen molar-refractivity contribution in [3.8, 4) is 0 Å². The molecule has 2 aliphatic rings. The van der Waals surface area contributed by atoms with Crippen LogP contribution in [0, 0.1) is 11.8 Å². The number of rotatable bonds is 3. The van der Waals surface area contributed by atoms with Gasteiger partial charge in [0.1, 0.15) is 0 Å². The van der Waals surface area contributed by atoms with Crippen LogP contribution in [0.3, 0.4) is 0 Å². The molecule has 0 aromatic rings. The molecule has 0 bridgehead atoms. The Bertz CT molecular complexity index is 221. The van der Waals surface area contributed by atoms with Crippen molar-refractivity contribution in [3.63, 3.8) is 0 Å². The monoisotopic (exact) mass is 225 g/mol. The van der Waals surface area contributed by atoms with Gasteiger partial charge in [-0.1, -0.05) is 25.7 Å². The molecule has 2 heteroatoms. The number of aliphatic hydroxyl groups is 1. The molecule has 0 aromatic carbocycles. The summed E-state index contributed by atoms with van der Waals surface area (Å²) in [6.07, 6.45) is 9.91. The average Bonchev–Trinajstić information content (AvgIpc) is 2.25. The van der Waals surface area contributed by atoms with E-state index in [2.05, 4.69) is 5.32 Å². The highest BCUT2D eigenvalue weighted by Gasteiger charge is 2.32. The van der Waals surface area contributed by atoms with Crippen molar-refractivity contribution in [2.45, 2.75) is 70.4 Å². The molecule has 0 heterocycles. The normalized spacial score (nSPS) is 35.8. The van der Waals surface area contributed by atoms with Crippen molar-refractivity contribution in [1.29, 1.82) is 0 Å². The molecule has 3 unspecified atom stereocenters. The third-order valence-electron chi connectivity index (χ3n) is 4.36. The van der Waals surface area contributed by atoms with Crippen molar-refractivity contribution in [2.75, 3.05) is 6.54 Å². The van der Waals surface area contributed by atoms with Crippen LogP contribution < -0.4 is 5.32 Å². The predicted octanol–water partition coefficient (Wildman–Crippen LogP) is 2.71. The molecule has 0 aromatic heterocycles. The second-order valence-corrected chi connectivity index (χ2v) is 6.51. The zero-order valence-electron chi connectivity index (χ0n) is 10.8. The summed E-state index contributed by atoms with van der Waals surface area (Å²) in [4.78, 5) is 0. The summed E-state index contributed by atoms with van der Waals surface area (Å²) in [5, 5.41) is 13.3. The Kier molecular flexibility index (Phi) is 3.91. The lowest BCUT2D eigenvalue weighted by Gasteiger charge is -2.40. The molecule has 0 radical (unpaired) electrons. The molecule has 2 nitrogen and oxygen atoms in total. The number of fused-ring (bicyclic) bond motifs is 1. The maximum atomic E-state index is 9.72. The molecule has 3 atom stereocenters. The molecule has 0 aliphatic heterocycles. The van der Waals surface area contributed by atoms with Gasteiger partial charge in [-0.3, -0.25) is 0 Å². The Labute approximate surface area is 99.8 Å². The highest BCUT2D eigenvalue weighted by atomic mass is 16.3. The standard InChI is InChI=1S/C14H27NO/c1-14(2,16)10-15-13-8-7-11-5-3-4-6-12(11)9-13/h11-13,15-16H,3-10H2,1-2H3. The van der Waals surface area contributed by atoms with E-state index in [1.807, 2.05) is 13.8 Å². The predicted molar refractivity (Wildman–Crippen MR) is 67.4 cm³/mol. The Hall–Kier alpha value is -0.0800. The first-order chi connectivity index (χ1) is 7.54. The van der Waals surface area contributed by atoms with Crippen LogP contribution in [0.1, 0.15) is 58.8 Å². The number of nitrogens with one attached hydrogen (secondary N) is 1. The minimum absolute atomic E-state index is 0.566. The van der Waals surface area contributed by atoms with Crippen LogP contribution >= 0.6 is 0 Å². The minimum Gasteiger partial charge on any atom is -0.389 e. The topological polar surface area (TPSA) is 32.3 Å². The van der Waals surface area contributed by atoms with Gasteiger partial charge in [0.2, 0.25) is 0 Å². The lowest BCUT2D eigenvalue weighted by Crippen LogP contribution is -2.44. The fourth-order valence-electron chi connectivity index (χ4n) is 3.45. The summed E-state index contributed by atoms with van der Waals surface area (Å²) in [6, 6.07) is 0.658. The second-order valence-electron chi connectivity index (χ2n) is 6.51. The zero-order valence-corrected chi connectivity index (χ0v) is 10.8. The highest BCUT2D eigenvalue weighted by Crippen LogP contribution is 2.40. The van der Waals surface area contributed by atoms with E-state index in [0.29, 0.717) is 6.04 Å². The maximum Gasteiger partial charge on any atom is 0.0715 e. The Balaban J connectivity index is 1.77. The smallest absolute Gasteiger partial charge is 0.0715 e. The fraction of sp³-hybridized carbons (Fsp3) is 1.00. The summed E-state index contributed by atoms with van der Waals surface area (Å²) in [5.74, 6) is 2.00. The molecular weight excluding hydrogens is 198 g/mol. The molecule has 2 aliphatic carbocycles. The molecule has 2 fully saturated rings. The molecule has 0 spiro atoms. The first-order valence-electron chi connectivity index (χ1n) is 7.00. The van der Waals surface area contributed by atoms with E-state index in [4.69, 9.17) is 0 Å². The summed E-state index contributed by atoms with van der Waals surface area (Å²) in [5.41, 5.74) is -0.566. The van der Waals surface area contributed by atoms with Crippen molar-refractivity contribution in [1.82, 2.24) is 5.32 Å². The van der Waals surface area contributed by atoms with E-state index < -0.39 is 5.60 Å². The molecule has 2 saturated carbocycles. The van der Waals surface area contributed by atoms with Crippen LogP contribution in [-0.2, 0) is 0 Å². The van der Waals surface area contributed by atoms with Gasteiger partial charge in [-0.25, -0.2) is 0 Å². The lowest BCUT2D eigenvalue weighted by atomic mass is 9.69. The van der Waals surface area contributed by atoms with Gasteiger partial charge in [0, 0.05) is 12.6 Å². The molecule has 2 rings (SSSR count). The molecule has 0 saturated heterocycles. The van der Waals surface area contributed by atoms with Gasteiger partial charge in [-0.2, -0.15) is 0 Å². The van der Waals surface area contributed by atoms with Crippen molar-refractivity contribution in [3.05, 3.63) is 0 Å². The van der Waals surface area contributed by atoms with Crippen LogP contribution in [0.5, 0.6) is 0 Å². The van der Waals surface area contributed by atoms with Gasteiger partial charge >= 0.3 is 0 Å². The number of hydrogen-bond donors (Lipinski definition) is 2. The number of hydrogen-bond acceptors (Lipinski definition) is 2. The van der Waals surface area contributed by atoms with E-state index >= 15 is 0 Å². The molecule has 0 amide bonds. The van der Waals surface area contributed by atoms with Crippen molar-refractivity contribution in [2.24, 2.45) is 11.8 Å². The van der Waals surface area contributed by atoms with E-state index in [0.717, 1.165) is 18.4 Å². The summed E-state index contributed by atoms with van der Waals surface area (Å²) < 4.78 is 0. The van der Waals surface area contributed by atoms with Crippen LogP contribution in [-0.4, -0.2) is 23.3 Å². The lowest BCUT2D eigenvalue weighted by molar-refractivity contribution is 0.0671. The fourth-order valence-corrected chi connectivity index (χ4v) is 3.45. The largest absolute Gasteiger partial charge is 0.389 e. The van der Waals surface area contributed by atoms with E-state index in [1.54, 1.807) is 0 Å². The third-order valence-corrected chi connectivity index (χ3v) is 4.36. The Morgan fingerprint density at radius 1 is 1.06 bits per heavy atom. The molecule has 16 heavy (non-hydrogen) atoms. The first-order valence-corrected chi connectivity index (χ1v) is 7.00. The highest BCUT2D eigenvalue weighted by molar-refractivity contribution is 4.87. The van der Waals surface area contributed by atoms with Crippen LogP contribution in [0.15, 0.2) is 0 Å². The van der Waals surface area contributed by atoms with Crippen molar-refractivity contribution >= 4 is 0 Å². The van der Waals surface area contributed by atoms with Crippen molar-refractivity contribution < 1.29 is 5.11 Å². The SMILES string of the molecule is CC(C)(O)CNC1CCC2CCCCC2C1. The van der Waals surface area contributed by atoms with E-state index in [1.165, 1.54) is 44.9 Å². The summed E-state index contributed by atoms with van der Waals surface area (Å²) in [7, 11) is 0. The Morgan fingerprint density at radius 3 is 2.44 bits per heavy atom.